The molecule has 1 aromatic heterocycles. The molecule has 21 heavy (non-hydrogen) atoms. The fraction of sp³-hybridized carbons (Fsp3) is 0.375. The third-order valence-corrected chi connectivity index (χ3v) is 4.31. The largest absolute Gasteiger partial charge is 0.416 e. The molecule has 114 valence electrons. The lowest BCUT2D eigenvalue weighted by molar-refractivity contribution is -0.138. The molecule has 0 aliphatic heterocycles. The monoisotopic (exact) mass is 313 g/mol. The first kappa shape index (κ1) is 16.0. The first-order valence-electron chi connectivity index (χ1n) is 6.94. The number of benzene rings is 1. The number of hydrogen-bond acceptors (Lipinski definition) is 2. The van der Waals surface area contributed by atoms with E-state index in [1.54, 1.807) is 17.4 Å². The molecule has 0 radical (unpaired) electrons. The summed E-state index contributed by atoms with van der Waals surface area (Å²) in [7, 11) is 0. The van der Waals surface area contributed by atoms with E-state index >= 15 is 0 Å². The number of thiophene rings is 1. The van der Waals surface area contributed by atoms with Crippen molar-refractivity contribution in [3.63, 3.8) is 0 Å². The highest BCUT2D eigenvalue weighted by Gasteiger charge is 2.32. The second kappa shape index (κ2) is 7.09. The number of halogens is 3. The van der Waals surface area contributed by atoms with E-state index in [4.69, 9.17) is 0 Å². The molecule has 1 nitrogen and oxygen atoms in total. The molecule has 2 rings (SSSR count). The van der Waals surface area contributed by atoms with E-state index in [-0.39, 0.29) is 12.6 Å². The summed E-state index contributed by atoms with van der Waals surface area (Å²) >= 11 is 1.63. The Morgan fingerprint density at radius 3 is 2.52 bits per heavy atom. The van der Waals surface area contributed by atoms with Crippen LogP contribution in [0.5, 0.6) is 0 Å². The van der Waals surface area contributed by atoms with Gasteiger partial charge < -0.3 is 5.32 Å². The van der Waals surface area contributed by atoms with E-state index in [0.717, 1.165) is 18.9 Å². The lowest BCUT2D eigenvalue weighted by atomic mass is 10.1. The molecule has 1 atom stereocenters. The molecule has 0 fully saturated rings. The fourth-order valence-corrected chi connectivity index (χ4v) is 3.14. The van der Waals surface area contributed by atoms with Gasteiger partial charge in [-0.05, 0) is 29.5 Å². The molecule has 0 bridgehead atoms. The second-order valence-electron chi connectivity index (χ2n) is 4.89. The molecule has 0 aliphatic carbocycles. The van der Waals surface area contributed by atoms with Crippen LogP contribution in [0, 0.1) is 0 Å². The smallest absolute Gasteiger partial charge is 0.305 e. The third kappa shape index (κ3) is 4.32. The fourth-order valence-electron chi connectivity index (χ4n) is 2.31. The van der Waals surface area contributed by atoms with Crippen molar-refractivity contribution in [1.29, 1.82) is 0 Å². The van der Waals surface area contributed by atoms with Crippen LogP contribution in [0.3, 0.4) is 0 Å². The summed E-state index contributed by atoms with van der Waals surface area (Å²) in [5, 5.41) is 5.25. The molecule has 0 saturated heterocycles. The zero-order valence-corrected chi connectivity index (χ0v) is 12.6. The van der Waals surface area contributed by atoms with Crippen LogP contribution in [-0.2, 0) is 12.7 Å². The van der Waals surface area contributed by atoms with E-state index in [2.05, 4.69) is 12.2 Å². The van der Waals surface area contributed by atoms with Gasteiger partial charge in [-0.3, -0.25) is 0 Å². The quantitative estimate of drug-likeness (QED) is 0.753. The highest BCUT2D eigenvalue weighted by molar-refractivity contribution is 7.10. The maximum atomic E-state index is 13.0. The number of rotatable bonds is 6. The van der Waals surface area contributed by atoms with Gasteiger partial charge in [0.05, 0.1) is 5.56 Å². The van der Waals surface area contributed by atoms with Crippen LogP contribution >= 0.6 is 11.3 Å². The van der Waals surface area contributed by atoms with E-state index in [0.29, 0.717) is 5.56 Å². The third-order valence-electron chi connectivity index (χ3n) is 3.33. The minimum absolute atomic E-state index is 0.108. The molecule has 5 heteroatoms. The van der Waals surface area contributed by atoms with E-state index < -0.39 is 11.7 Å². The van der Waals surface area contributed by atoms with Gasteiger partial charge in [-0.1, -0.05) is 37.6 Å². The van der Waals surface area contributed by atoms with Crippen LogP contribution in [0.25, 0.3) is 0 Å². The Bertz CT molecular complexity index is 549. The van der Waals surface area contributed by atoms with Crippen LogP contribution in [0.15, 0.2) is 41.8 Å². The average molecular weight is 313 g/mol. The second-order valence-corrected chi connectivity index (χ2v) is 5.87. The van der Waals surface area contributed by atoms with Gasteiger partial charge in [0.15, 0.2) is 0 Å². The normalized spacial score (nSPS) is 13.3. The highest BCUT2D eigenvalue weighted by Crippen LogP contribution is 2.32. The van der Waals surface area contributed by atoms with Gasteiger partial charge in [-0.25, -0.2) is 0 Å². The molecular formula is C16H18F3NS. The molecular weight excluding hydrogens is 295 g/mol. The maximum absolute atomic E-state index is 13.0. The summed E-state index contributed by atoms with van der Waals surface area (Å²) in [6, 6.07) is 9.84. The first-order chi connectivity index (χ1) is 10.0. The lowest BCUT2D eigenvalue weighted by Crippen LogP contribution is -2.22. The number of alkyl halides is 3. The minimum atomic E-state index is -4.30. The zero-order chi connectivity index (χ0) is 15.3. The Hall–Kier alpha value is -1.33. The van der Waals surface area contributed by atoms with Crippen molar-refractivity contribution < 1.29 is 13.2 Å². The maximum Gasteiger partial charge on any atom is 0.416 e. The van der Waals surface area contributed by atoms with Gasteiger partial charge in [0.1, 0.15) is 0 Å². The molecule has 1 aromatic carbocycles. The van der Waals surface area contributed by atoms with Gasteiger partial charge in [-0.15, -0.1) is 11.3 Å². The van der Waals surface area contributed by atoms with E-state index in [1.165, 1.54) is 17.0 Å². The summed E-state index contributed by atoms with van der Waals surface area (Å²) in [6.07, 6.45) is -2.41. The molecule has 1 unspecified atom stereocenters. The minimum Gasteiger partial charge on any atom is -0.305 e. The highest BCUT2D eigenvalue weighted by atomic mass is 32.1. The molecule has 0 amide bonds. The van der Waals surface area contributed by atoms with Crippen LogP contribution in [0.1, 0.15) is 41.8 Å². The standard InChI is InChI=1S/C16H18F3NS/c1-2-6-14(15-9-5-10-21-15)20-11-12-7-3-4-8-13(12)16(17,18)19/h3-5,7-10,14,20H,2,6,11H2,1H3. The van der Waals surface area contributed by atoms with Crippen molar-refractivity contribution in [3.8, 4) is 0 Å². The van der Waals surface area contributed by atoms with Crippen molar-refractivity contribution in [1.82, 2.24) is 5.32 Å². The molecule has 1 N–H and O–H groups in total. The zero-order valence-electron chi connectivity index (χ0n) is 11.8. The predicted molar refractivity (Wildman–Crippen MR) is 80.3 cm³/mol. The average Bonchev–Trinajstić information content (AvgIpc) is 2.97. The Kier molecular flexibility index (Phi) is 5.42. The first-order valence-corrected chi connectivity index (χ1v) is 7.82. The summed E-state index contributed by atoms with van der Waals surface area (Å²) < 4.78 is 38.9. The topological polar surface area (TPSA) is 12.0 Å². The summed E-state index contributed by atoms with van der Waals surface area (Å²) in [4.78, 5) is 1.17. The molecule has 0 aliphatic rings. The van der Waals surface area contributed by atoms with Crippen molar-refractivity contribution in [2.75, 3.05) is 0 Å². The molecule has 2 aromatic rings. The van der Waals surface area contributed by atoms with E-state index in [1.807, 2.05) is 17.5 Å². The lowest BCUT2D eigenvalue weighted by Gasteiger charge is -2.19. The summed E-state index contributed by atoms with van der Waals surface area (Å²) in [6.45, 7) is 2.30. The Morgan fingerprint density at radius 2 is 1.90 bits per heavy atom. The molecule has 1 heterocycles. The number of hydrogen-bond donors (Lipinski definition) is 1. The Morgan fingerprint density at radius 1 is 1.14 bits per heavy atom. The number of nitrogens with one attached hydrogen (secondary N) is 1. The van der Waals surface area contributed by atoms with Crippen molar-refractivity contribution >= 4 is 11.3 Å². The van der Waals surface area contributed by atoms with Gasteiger partial charge in [0.2, 0.25) is 0 Å². The van der Waals surface area contributed by atoms with Gasteiger partial charge in [0, 0.05) is 17.5 Å². The van der Waals surface area contributed by atoms with Crippen LogP contribution in [0.2, 0.25) is 0 Å². The van der Waals surface area contributed by atoms with Gasteiger partial charge in [-0.2, -0.15) is 13.2 Å². The Balaban J connectivity index is 2.11. The van der Waals surface area contributed by atoms with Crippen molar-refractivity contribution in [2.24, 2.45) is 0 Å². The van der Waals surface area contributed by atoms with E-state index in [9.17, 15) is 13.2 Å². The summed E-state index contributed by atoms with van der Waals surface area (Å²) in [5.41, 5.74) is -0.262. The van der Waals surface area contributed by atoms with Crippen LogP contribution in [-0.4, -0.2) is 0 Å². The predicted octanol–water partition coefficient (Wildman–Crippen LogP) is 5.40. The SMILES string of the molecule is CCCC(NCc1ccccc1C(F)(F)F)c1cccs1. The molecule has 0 spiro atoms. The molecule has 0 saturated carbocycles. The Labute approximate surface area is 126 Å². The van der Waals surface area contributed by atoms with Crippen molar-refractivity contribution in [3.05, 3.63) is 57.8 Å². The van der Waals surface area contributed by atoms with Crippen LogP contribution in [0.4, 0.5) is 13.2 Å². The van der Waals surface area contributed by atoms with Crippen LogP contribution < -0.4 is 5.32 Å². The van der Waals surface area contributed by atoms with Crippen molar-refractivity contribution in [2.45, 2.75) is 38.5 Å². The summed E-state index contributed by atoms with van der Waals surface area (Å²) in [5.74, 6) is 0. The van der Waals surface area contributed by atoms with Gasteiger partial charge >= 0.3 is 6.18 Å². The van der Waals surface area contributed by atoms with Gasteiger partial charge in [0.25, 0.3) is 0 Å².